The Morgan fingerprint density at radius 3 is 2.50 bits per heavy atom. The predicted molar refractivity (Wildman–Crippen MR) is 56.3 cm³/mol. The zero-order valence-electron chi connectivity index (χ0n) is 8.13. The van der Waals surface area contributed by atoms with E-state index in [-0.39, 0.29) is 11.3 Å². The lowest BCUT2D eigenvalue weighted by molar-refractivity contribution is -0.384. The van der Waals surface area contributed by atoms with Crippen LogP contribution in [-0.4, -0.2) is 9.91 Å². The fourth-order valence-corrected chi connectivity index (χ4v) is 1.38. The molecule has 0 N–H and O–H groups in total. The average molecular weight is 218 g/mol. The molecule has 0 unspecified atom stereocenters. The van der Waals surface area contributed by atoms with E-state index in [1.807, 2.05) is 0 Å². The number of nitro benzene ring substituents is 1. The van der Waals surface area contributed by atoms with Crippen molar-refractivity contribution in [2.24, 2.45) is 0 Å². The SMILES string of the molecule is O=[N+]([O-])c1ccc(F)c(-c2ccncc2)c1. The van der Waals surface area contributed by atoms with Crippen LogP contribution in [0.5, 0.6) is 0 Å². The summed E-state index contributed by atoms with van der Waals surface area (Å²) in [6.07, 6.45) is 3.02. The van der Waals surface area contributed by atoms with E-state index in [0.717, 1.165) is 12.1 Å². The molecule has 0 fully saturated rings. The van der Waals surface area contributed by atoms with Crippen LogP contribution < -0.4 is 0 Å². The van der Waals surface area contributed by atoms with Crippen molar-refractivity contribution in [3.8, 4) is 11.1 Å². The van der Waals surface area contributed by atoms with Crippen molar-refractivity contribution in [2.45, 2.75) is 0 Å². The normalized spacial score (nSPS) is 10.1. The number of aromatic nitrogens is 1. The fourth-order valence-electron chi connectivity index (χ4n) is 1.38. The van der Waals surface area contributed by atoms with E-state index in [1.54, 1.807) is 12.1 Å². The van der Waals surface area contributed by atoms with Crippen LogP contribution in [0.3, 0.4) is 0 Å². The predicted octanol–water partition coefficient (Wildman–Crippen LogP) is 2.80. The molecule has 2 aromatic rings. The van der Waals surface area contributed by atoms with Crippen LogP contribution in [-0.2, 0) is 0 Å². The van der Waals surface area contributed by atoms with Gasteiger partial charge in [-0.05, 0) is 23.8 Å². The molecule has 0 radical (unpaired) electrons. The summed E-state index contributed by atoms with van der Waals surface area (Å²) in [5.41, 5.74) is 0.640. The topological polar surface area (TPSA) is 56.0 Å². The molecule has 0 atom stereocenters. The second kappa shape index (κ2) is 4.06. The minimum atomic E-state index is -0.551. The third kappa shape index (κ3) is 1.88. The molecule has 0 aliphatic heterocycles. The number of nitro groups is 1. The Labute approximate surface area is 90.5 Å². The molecule has 5 heteroatoms. The van der Waals surface area contributed by atoms with E-state index in [1.165, 1.54) is 18.5 Å². The highest BCUT2D eigenvalue weighted by Crippen LogP contribution is 2.26. The second-order valence-electron chi connectivity index (χ2n) is 3.16. The summed E-state index contributed by atoms with van der Waals surface area (Å²) in [7, 11) is 0. The van der Waals surface area contributed by atoms with Crippen LogP contribution in [0.4, 0.5) is 10.1 Å². The Morgan fingerprint density at radius 2 is 1.88 bits per heavy atom. The lowest BCUT2D eigenvalue weighted by Crippen LogP contribution is -1.91. The Hall–Kier alpha value is -2.30. The Kier molecular flexibility index (Phi) is 2.59. The van der Waals surface area contributed by atoms with Crippen LogP contribution in [0.2, 0.25) is 0 Å². The summed E-state index contributed by atoms with van der Waals surface area (Å²) in [4.78, 5) is 13.8. The van der Waals surface area contributed by atoms with Gasteiger partial charge in [0, 0.05) is 30.1 Å². The van der Waals surface area contributed by atoms with Gasteiger partial charge >= 0.3 is 0 Å². The molecule has 1 aromatic heterocycles. The smallest absolute Gasteiger partial charge is 0.265 e. The molecule has 1 aromatic carbocycles. The lowest BCUT2D eigenvalue weighted by atomic mass is 10.1. The molecule has 0 aliphatic rings. The highest BCUT2D eigenvalue weighted by Gasteiger charge is 2.11. The van der Waals surface area contributed by atoms with E-state index < -0.39 is 10.7 Å². The molecule has 16 heavy (non-hydrogen) atoms. The van der Waals surface area contributed by atoms with E-state index in [0.29, 0.717) is 5.56 Å². The van der Waals surface area contributed by atoms with Crippen molar-refractivity contribution < 1.29 is 9.31 Å². The third-order valence-corrected chi connectivity index (χ3v) is 2.15. The first kappa shape index (κ1) is 10.2. The standard InChI is InChI=1S/C11H7FN2O2/c12-11-2-1-9(14(15)16)7-10(11)8-3-5-13-6-4-8/h1-7H. The zero-order chi connectivity index (χ0) is 11.5. The first-order chi connectivity index (χ1) is 7.68. The molecule has 0 spiro atoms. The maximum Gasteiger partial charge on any atom is 0.270 e. The molecule has 0 aliphatic carbocycles. The largest absolute Gasteiger partial charge is 0.270 e. The second-order valence-corrected chi connectivity index (χ2v) is 3.16. The van der Waals surface area contributed by atoms with Crippen molar-refractivity contribution in [3.05, 3.63) is 58.7 Å². The molecule has 80 valence electrons. The maximum absolute atomic E-state index is 13.5. The van der Waals surface area contributed by atoms with Crippen molar-refractivity contribution >= 4 is 5.69 Å². The molecular weight excluding hydrogens is 211 g/mol. The third-order valence-electron chi connectivity index (χ3n) is 2.15. The summed E-state index contributed by atoms with van der Waals surface area (Å²) >= 11 is 0. The van der Waals surface area contributed by atoms with E-state index in [2.05, 4.69) is 4.98 Å². The number of rotatable bonds is 2. The van der Waals surface area contributed by atoms with Gasteiger partial charge in [-0.3, -0.25) is 15.1 Å². The van der Waals surface area contributed by atoms with E-state index >= 15 is 0 Å². The fraction of sp³-hybridized carbons (Fsp3) is 0. The molecule has 2 rings (SSSR count). The highest BCUT2D eigenvalue weighted by atomic mass is 19.1. The van der Waals surface area contributed by atoms with Gasteiger partial charge in [-0.25, -0.2) is 4.39 Å². The van der Waals surface area contributed by atoms with Crippen molar-refractivity contribution in [2.75, 3.05) is 0 Å². The Bertz CT molecular complexity index is 529. The number of benzene rings is 1. The molecule has 0 saturated carbocycles. The van der Waals surface area contributed by atoms with Gasteiger partial charge in [-0.1, -0.05) is 0 Å². The summed E-state index contributed by atoms with van der Waals surface area (Å²) in [6.45, 7) is 0. The van der Waals surface area contributed by atoms with Crippen molar-refractivity contribution in [3.63, 3.8) is 0 Å². The monoisotopic (exact) mass is 218 g/mol. The van der Waals surface area contributed by atoms with Gasteiger partial charge in [0.25, 0.3) is 5.69 Å². The first-order valence-corrected chi connectivity index (χ1v) is 4.53. The average Bonchev–Trinajstić information content (AvgIpc) is 2.30. The van der Waals surface area contributed by atoms with E-state index in [9.17, 15) is 14.5 Å². The minimum Gasteiger partial charge on any atom is -0.265 e. The lowest BCUT2D eigenvalue weighted by Gasteiger charge is -2.02. The van der Waals surface area contributed by atoms with Gasteiger partial charge < -0.3 is 0 Å². The quantitative estimate of drug-likeness (QED) is 0.575. The number of hydrogen-bond donors (Lipinski definition) is 0. The number of pyridine rings is 1. The van der Waals surface area contributed by atoms with Crippen LogP contribution in [0.1, 0.15) is 0 Å². The van der Waals surface area contributed by atoms with Gasteiger partial charge in [0.05, 0.1) is 4.92 Å². The summed E-state index contributed by atoms with van der Waals surface area (Å²) < 4.78 is 13.5. The Morgan fingerprint density at radius 1 is 1.19 bits per heavy atom. The van der Waals surface area contributed by atoms with Crippen LogP contribution in [0, 0.1) is 15.9 Å². The maximum atomic E-state index is 13.5. The molecular formula is C11H7FN2O2. The number of non-ortho nitro benzene ring substituents is 1. The summed E-state index contributed by atoms with van der Waals surface area (Å²) in [5.74, 6) is -0.489. The zero-order valence-corrected chi connectivity index (χ0v) is 8.13. The molecule has 0 saturated heterocycles. The number of halogens is 1. The van der Waals surface area contributed by atoms with Crippen LogP contribution in [0.25, 0.3) is 11.1 Å². The minimum absolute atomic E-state index is 0.131. The summed E-state index contributed by atoms with van der Waals surface area (Å²) in [5, 5.41) is 10.6. The highest BCUT2D eigenvalue weighted by molar-refractivity contribution is 5.66. The molecule has 1 heterocycles. The van der Waals surface area contributed by atoms with Gasteiger partial charge in [0.15, 0.2) is 0 Å². The first-order valence-electron chi connectivity index (χ1n) is 4.53. The van der Waals surface area contributed by atoms with Gasteiger partial charge in [-0.2, -0.15) is 0 Å². The van der Waals surface area contributed by atoms with E-state index in [4.69, 9.17) is 0 Å². The number of hydrogen-bond acceptors (Lipinski definition) is 3. The van der Waals surface area contributed by atoms with Crippen LogP contribution in [0.15, 0.2) is 42.7 Å². The summed E-state index contributed by atoms with van der Waals surface area (Å²) in [6, 6.07) is 6.64. The molecule has 0 amide bonds. The number of nitrogens with zero attached hydrogens (tertiary/aromatic N) is 2. The van der Waals surface area contributed by atoms with Gasteiger partial charge in [-0.15, -0.1) is 0 Å². The van der Waals surface area contributed by atoms with Crippen LogP contribution >= 0.6 is 0 Å². The van der Waals surface area contributed by atoms with Gasteiger partial charge in [0.2, 0.25) is 0 Å². The molecule has 4 nitrogen and oxygen atoms in total. The van der Waals surface area contributed by atoms with Gasteiger partial charge in [0.1, 0.15) is 5.82 Å². The van der Waals surface area contributed by atoms with Crippen molar-refractivity contribution in [1.82, 2.24) is 4.98 Å². The Balaban J connectivity index is 2.56. The van der Waals surface area contributed by atoms with Crippen molar-refractivity contribution in [1.29, 1.82) is 0 Å². The molecule has 0 bridgehead atoms.